The summed E-state index contributed by atoms with van der Waals surface area (Å²) in [5.74, 6) is 2.26. The Hall–Kier alpha value is -1.07. The molecule has 1 aromatic rings. The zero-order chi connectivity index (χ0) is 13.1. The molecule has 4 nitrogen and oxygen atoms in total. The predicted molar refractivity (Wildman–Crippen MR) is 72.5 cm³/mol. The lowest BCUT2D eigenvalue weighted by atomic mass is 10.1. The second kappa shape index (κ2) is 5.71. The highest BCUT2D eigenvalue weighted by Gasteiger charge is 2.16. The number of fused-ring (bicyclic) bond motifs is 1. The third-order valence-corrected chi connectivity index (χ3v) is 3.89. The van der Waals surface area contributed by atoms with Crippen LogP contribution in [0.15, 0.2) is 18.2 Å². The van der Waals surface area contributed by atoms with Gasteiger partial charge in [0.15, 0.2) is 11.5 Å². The first kappa shape index (κ1) is 13.4. The first-order chi connectivity index (χ1) is 8.56. The second-order valence-electron chi connectivity index (χ2n) is 4.64. The molecular formula is C13H19NO3S. The maximum atomic E-state index is 11.2. The lowest BCUT2D eigenvalue weighted by molar-refractivity contribution is 0.174. The summed E-state index contributed by atoms with van der Waals surface area (Å²) >= 11 is 0. The minimum atomic E-state index is -0.775. The second-order valence-corrected chi connectivity index (χ2v) is 6.12. The predicted octanol–water partition coefficient (Wildman–Crippen LogP) is 1.83. The van der Waals surface area contributed by atoms with Gasteiger partial charge in [-0.3, -0.25) is 4.21 Å². The number of hydrogen-bond acceptors (Lipinski definition) is 4. The molecule has 0 bridgehead atoms. The fraction of sp³-hybridized carbons (Fsp3) is 0.538. The zero-order valence-electron chi connectivity index (χ0n) is 10.9. The summed E-state index contributed by atoms with van der Waals surface area (Å²) in [6.07, 6.45) is 1.73. The van der Waals surface area contributed by atoms with Crippen LogP contribution in [0.5, 0.6) is 11.5 Å². The van der Waals surface area contributed by atoms with Crippen molar-refractivity contribution in [3.05, 3.63) is 23.8 Å². The average molecular weight is 269 g/mol. The quantitative estimate of drug-likeness (QED) is 0.886. The van der Waals surface area contributed by atoms with Crippen molar-refractivity contribution in [1.29, 1.82) is 0 Å². The Morgan fingerprint density at radius 2 is 2.06 bits per heavy atom. The maximum Gasteiger partial charge on any atom is 0.231 e. The van der Waals surface area contributed by atoms with Gasteiger partial charge in [-0.05, 0) is 31.5 Å². The van der Waals surface area contributed by atoms with E-state index in [1.165, 1.54) is 0 Å². The molecule has 5 heteroatoms. The van der Waals surface area contributed by atoms with E-state index in [0.29, 0.717) is 12.5 Å². The van der Waals surface area contributed by atoms with Crippen LogP contribution in [0.4, 0.5) is 0 Å². The van der Waals surface area contributed by atoms with Crippen LogP contribution in [0.25, 0.3) is 0 Å². The molecule has 18 heavy (non-hydrogen) atoms. The molecule has 2 rings (SSSR count). The monoisotopic (exact) mass is 269 g/mol. The van der Waals surface area contributed by atoms with Gasteiger partial charge in [0.2, 0.25) is 6.79 Å². The molecule has 0 radical (unpaired) electrons. The fourth-order valence-corrected chi connectivity index (χ4v) is 2.91. The SMILES string of the molecule is CC(CS(C)=O)NC(C)c1ccc2c(c1)OCO2. The van der Waals surface area contributed by atoms with Gasteiger partial charge in [-0.15, -0.1) is 0 Å². The Bertz CT molecular complexity index is 450. The molecular weight excluding hydrogens is 250 g/mol. The molecule has 3 atom stereocenters. The summed E-state index contributed by atoms with van der Waals surface area (Å²) < 4.78 is 21.8. The average Bonchev–Trinajstić information content (AvgIpc) is 2.74. The van der Waals surface area contributed by atoms with Crippen LogP contribution in [0.3, 0.4) is 0 Å². The largest absolute Gasteiger partial charge is 0.454 e. The molecule has 0 saturated carbocycles. The van der Waals surface area contributed by atoms with E-state index in [9.17, 15) is 4.21 Å². The summed E-state index contributed by atoms with van der Waals surface area (Å²) in [7, 11) is -0.775. The van der Waals surface area contributed by atoms with E-state index in [2.05, 4.69) is 12.2 Å². The van der Waals surface area contributed by atoms with E-state index in [-0.39, 0.29) is 12.1 Å². The van der Waals surface area contributed by atoms with Gasteiger partial charge in [-0.1, -0.05) is 6.07 Å². The van der Waals surface area contributed by atoms with Gasteiger partial charge in [-0.2, -0.15) is 0 Å². The normalized spacial score (nSPS) is 18.4. The first-order valence-electron chi connectivity index (χ1n) is 6.02. The summed E-state index contributed by atoms with van der Waals surface area (Å²) in [4.78, 5) is 0. The first-order valence-corrected chi connectivity index (χ1v) is 7.74. The lowest BCUT2D eigenvalue weighted by Crippen LogP contribution is -2.33. The minimum absolute atomic E-state index is 0.193. The van der Waals surface area contributed by atoms with Crippen LogP contribution in [0, 0.1) is 0 Å². The van der Waals surface area contributed by atoms with Crippen LogP contribution in [0.1, 0.15) is 25.5 Å². The van der Waals surface area contributed by atoms with Gasteiger partial charge >= 0.3 is 0 Å². The Kier molecular flexibility index (Phi) is 4.24. The molecule has 1 heterocycles. The van der Waals surface area contributed by atoms with E-state index in [1.807, 2.05) is 25.1 Å². The molecule has 1 aromatic carbocycles. The van der Waals surface area contributed by atoms with Crippen molar-refractivity contribution >= 4 is 10.8 Å². The van der Waals surface area contributed by atoms with Crippen LogP contribution in [-0.2, 0) is 10.8 Å². The fourth-order valence-electron chi connectivity index (χ4n) is 2.11. The van der Waals surface area contributed by atoms with Gasteiger partial charge in [0.25, 0.3) is 0 Å². The number of rotatable bonds is 5. The Labute approximate surface area is 110 Å². The molecule has 0 saturated heterocycles. The van der Waals surface area contributed by atoms with Crippen molar-refractivity contribution in [2.45, 2.75) is 25.9 Å². The Morgan fingerprint density at radius 3 is 2.78 bits per heavy atom. The lowest BCUT2D eigenvalue weighted by Gasteiger charge is -2.19. The number of benzene rings is 1. The molecule has 0 aliphatic carbocycles. The topological polar surface area (TPSA) is 47.6 Å². The van der Waals surface area contributed by atoms with Gasteiger partial charge in [0.1, 0.15) is 0 Å². The highest BCUT2D eigenvalue weighted by Crippen LogP contribution is 2.34. The number of ether oxygens (including phenoxy) is 2. The van der Waals surface area contributed by atoms with Crippen LogP contribution < -0.4 is 14.8 Å². The van der Waals surface area contributed by atoms with E-state index < -0.39 is 10.8 Å². The molecule has 0 aromatic heterocycles. The summed E-state index contributed by atoms with van der Waals surface area (Å²) in [5.41, 5.74) is 1.15. The summed E-state index contributed by atoms with van der Waals surface area (Å²) in [6, 6.07) is 6.36. The van der Waals surface area contributed by atoms with Crippen molar-refractivity contribution in [3.8, 4) is 11.5 Å². The molecule has 100 valence electrons. The molecule has 1 aliphatic rings. The zero-order valence-corrected chi connectivity index (χ0v) is 11.8. The molecule has 1 N–H and O–H groups in total. The van der Waals surface area contributed by atoms with Gasteiger partial charge in [-0.25, -0.2) is 0 Å². The standard InChI is InChI=1S/C13H19NO3S/c1-9(7-18(3)15)14-10(2)11-4-5-12-13(6-11)17-8-16-12/h4-6,9-10,14H,7-8H2,1-3H3. The van der Waals surface area contributed by atoms with Crippen molar-refractivity contribution in [3.63, 3.8) is 0 Å². The minimum Gasteiger partial charge on any atom is -0.454 e. The molecule has 0 amide bonds. The maximum absolute atomic E-state index is 11.2. The number of hydrogen-bond donors (Lipinski definition) is 1. The van der Waals surface area contributed by atoms with Crippen molar-refractivity contribution in [2.75, 3.05) is 18.8 Å². The van der Waals surface area contributed by atoms with Crippen molar-refractivity contribution < 1.29 is 13.7 Å². The highest BCUT2D eigenvalue weighted by atomic mass is 32.2. The summed E-state index contributed by atoms with van der Waals surface area (Å²) in [5, 5.41) is 3.43. The third-order valence-electron chi connectivity index (χ3n) is 2.92. The highest BCUT2D eigenvalue weighted by molar-refractivity contribution is 7.84. The number of nitrogens with one attached hydrogen (secondary N) is 1. The molecule has 1 aliphatic heterocycles. The Balaban J connectivity index is 2.00. The molecule has 0 spiro atoms. The van der Waals surface area contributed by atoms with Gasteiger partial charge < -0.3 is 14.8 Å². The van der Waals surface area contributed by atoms with Crippen molar-refractivity contribution in [1.82, 2.24) is 5.32 Å². The molecule has 0 fully saturated rings. The van der Waals surface area contributed by atoms with E-state index >= 15 is 0 Å². The molecule has 3 unspecified atom stereocenters. The Morgan fingerprint density at radius 1 is 1.33 bits per heavy atom. The van der Waals surface area contributed by atoms with Crippen LogP contribution >= 0.6 is 0 Å². The van der Waals surface area contributed by atoms with Crippen LogP contribution in [0.2, 0.25) is 0 Å². The summed E-state index contributed by atoms with van der Waals surface area (Å²) in [6.45, 7) is 4.43. The van der Waals surface area contributed by atoms with Gasteiger partial charge in [0, 0.05) is 34.9 Å². The van der Waals surface area contributed by atoms with Gasteiger partial charge in [0.05, 0.1) is 0 Å². The van der Waals surface area contributed by atoms with E-state index in [0.717, 1.165) is 17.1 Å². The van der Waals surface area contributed by atoms with E-state index in [4.69, 9.17) is 9.47 Å². The smallest absolute Gasteiger partial charge is 0.231 e. The van der Waals surface area contributed by atoms with Crippen molar-refractivity contribution in [2.24, 2.45) is 0 Å². The van der Waals surface area contributed by atoms with Crippen LogP contribution in [-0.4, -0.2) is 29.1 Å². The van der Waals surface area contributed by atoms with E-state index in [1.54, 1.807) is 6.26 Å². The third kappa shape index (κ3) is 3.23.